The van der Waals surface area contributed by atoms with Crippen LogP contribution in [-0.2, 0) is 4.79 Å². The summed E-state index contributed by atoms with van der Waals surface area (Å²) in [6.07, 6.45) is 4.65. The number of aromatic nitrogens is 4. The molecule has 0 fully saturated rings. The van der Waals surface area contributed by atoms with Crippen LogP contribution in [0.5, 0.6) is 5.75 Å². The molecular weight excluding hydrogens is 504 g/mol. The molecule has 0 aliphatic heterocycles. The van der Waals surface area contributed by atoms with Crippen molar-refractivity contribution in [3.05, 3.63) is 67.6 Å². The van der Waals surface area contributed by atoms with Gasteiger partial charge in [-0.3, -0.25) is 9.36 Å². The van der Waals surface area contributed by atoms with Gasteiger partial charge in [-0.05, 0) is 44.4 Å². The highest BCUT2D eigenvalue weighted by Gasteiger charge is 2.17. The molecule has 0 radical (unpaired) electrons. The fourth-order valence-electron chi connectivity index (χ4n) is 3.71. The van der Waals surface area contributed by atoms with Crippen molar-refractivity contribution in [2.75, 3.05) is 56.9 Å². The van der Waals surface area contributed by atoms with Crippen LogP contribution in [0.25, 0.3) is 16.9 Å². The third kappa shape index (κ3) is 8.03. The van der Waals surface area contributed by atoms with E-state index >= 15 is 0 Å². The number of carbonyl (C=O) groups excluding carboxylic acids is 1. The Morgan fingerprint density at radius 3 is 2.42 bits per heavy atom. The van der Waals surface area contributed by atoms with Gasteiger partial charge < -0.3 is 25.2 Å². The molecule has 10 nitrogen and oxygen atoms in total. The van der Waals surface area contributed by atoms with E-state index in [0.29, 0.717) is 28.9 Å². The zero-order chi connectivity index (χ0) is 29.7. The number of ether oxygens (including phenoxy) is 1. The van der Waals surface area contributed by atoms with Crippen molar-refractivity contribution in [1.29, 1.82) is 0 Å². The lowest BCUT2D eigenvalue weighted by molar-refractivity contribution is -0.111. The Kier molecular flexibility index (Phi) is 12.6. The summed E-state index contributed by atoms with van der Waals surface area (Å²) in [6.45, 7) is 13.2. The molecule has 4 rings (SSSR count). The van der Waals surface area contributed by atoms with Gasteiger partial charge in [0.05, 0.1) is 35.2 Å². The van der Waals surface area contributed by atoms with Gasteiger partial charge in [-0.25, -0.2) is 9.97 Å². The summed E-state index contributed by atoms with van der Waals surface area (Å²) in [6, 6.07) is 13.3. The smallest absolute Gasteiger partial charge is 0.247 e. The molecule has 214 valence electrons. The second-order valence-corrected chi connectivity index (χ2v) is 8.45. The predicted molar refractivity (Wildman–Crippen MR) is 166 cm³/mol. The number of likely N-dealkylation sites (N-methyl/N-ethyl adjacent to an activating group) is 2. The van der Waals surface area contributed by atoms with E-state index in [-0.39, 0.29) is 5.91 Å². The highest BCUT2D eigenvalue weighted by atomic mass is 16.5. The highest BCUT2D eigenvalue weighted by Crippen LogP contribution is 2.38. The summed E-state index contributed by atoms with van der Waals surface area (Å²) >= 11 is 0. The standard InChI is InChI=1S/C26H30N8O2.2C2H6/c1-6-25(35)29-19-15-20(23(36-5)16-22(19)33(4)14-13-32(2)3)30-26-27-12-11-24(31-26)34-17-28-18-9-7-8-10-21(18)34;2*1-2/h6-12,15-17H,1,13-14H2,2-5H3,(H,29,35)(H,27,30,31);2*1-2H3. The minimum absolute atomic E-state index is 0.307. The quantitative estimate of drug-likeness (QED) is 0.243. The molecular formula is C30H42N8O2. The van der Waals surface area contributed by atoms with Gasteiger partial charge in [-0.15, -0.1) is 0 Å². The van der Waals surface area contributed by atoms with Crippen LogP contribution in [0.1, 0.15) is 27.7 Å². The molecule has 0 spiro atoms. The minimum atomic E-state index is -0.307. The molecule has 0 saturated heterocycles. The predicted octanol–water partition coefficient (Wildman–Crippen LogP) is 5.74. The van der Waals surface area contributed by atoms with Crippen molar-refractivity contribution in [1.82, 2.24) is 24.4 Å². The molecule has 2 aromatic heterocycles. The molecule has 2 heterocycles. The molecule has 40 heavy (non-hydrogen) atoms. The summed E-state index contributed by atoms with van der Waals surface area (Å²) in [5, 5.41) is 6.14. The lowest BCUT2D eigenvalue weighted by atomic mass is 10.2. The lowest BCUT2D eigenvalue weighted by Crippen LogP contribution is -2.29. The van der Waals surface area contributed by atoms with Crippen LogP contribution in [0.2, 0.25) is 0 Å². The van der Waals surface area contributed by atoms with E-state index in [1.807, 2.05) is 95.9 Å². The van der Waals surface area contributed by atoms with Gasteiger partial charge in [0.15, 0.2) is 0 Å². The SMILES string of the molecule is C=CC(=O)Nc1cc(Nc2nccc(-n3cnc4ccccc43)n2)c(OC)cc1N(C)CCN(C)C.CC.CC. The van der Waals surface area contributed by atoms with Crippen molar-refractivity contribution in [3.63, 3.8) is 0 Å². The second-order valence-electron chi connectivity index (χ2n) is 8.45. The maximum absolute atomic E-state index is 12.2. The topological polar surface area (TPSA) is 100 Å². The molecule has 0 saturated carbocycles. The maximum atomic E-state index is 12.2. The number of anilines is 4. The van der Waals surface area contributed by atoms with Gasteiger partial charge in [0.25, 0.3) is 0 Å². The zero-order valence-electron chi connectivity index (χ0n) is 24.9. The van der Waals surface area contributed by atoms with E-state index in [1.165, 1.54) is 6.08 Å². The number of benzene rings is 2. The van der Waals surface area contributed by atoms with E-state index in [2.05, 4.69) is 42.0 Å². The number of amides is 1. The molecule has 4 aromatic rings. The Morgan fingerprint density at radius 2 is 1.75 bits per heavy atom. The number of carbonyl (C=O) groups is 1. The van der Waals surface area contributed by atoms with E-state index < -0.39 is 0 Å². The first-order chi connectivity index (χ1) is 19.4. The third-order valence-electron chi connectivity index (χ3n) is 5.64. The highest BCUT2D eigenvalue weighted by molar-refractivity contribution is 6.02. The van der Waals surface area contributed by atoms with Gasteiger partial charge in [0.2, 0.25) is 11.9 Å². The van der Waals surface area contributed by atoms with Crippen LogP contribution in [0, 0.1) is 0 Å². The molecule has 0 aliphatic carbocycles. The zero-order valence-corrected chi connectivity index (χ0v) is 24.9. The average Bonchev–Trinajstić information content (AvgIpc) is 3.42. The normalized spacial score (nSPS) is 10.1. The number of methoxy groups -OCH3 is 1. The molecule has 1 amide bonds. The number of hydrogen-bond acceptors (Lipinski definition) is 8. The fraction of sp³-hybridized carbons (Fsp3) is 0.333. The van der Waals surface area contributed by atoms with Crippen molar-refractivity contribution in [2.24, 2.45) is 0 Å². The Labute approximate surface area is 237 Å². The van der Waals surface area contributed by atoms with Gasteiger partial charge in [-0.1, -0.05) is 46.4 Å². The number of imidazole rings is 1. The number of nitrogens with one attached hydrogen (secondary N) is 2. The summed E-state index contributed by atoms with van der Waals surface area (Å²) in [5.41, 5.74) is 3.85. The molecule has 0 atom stereocenters. The number of rotatable bonds is 10. The minimum Gasteiger partial charge on any atom is -0.494 e. The number of fused-ring (bicyclic) bond motifs is 1. The van der Waals surface area contributed by atoms with E-state index in [4.69, 9.17) is 4.74 Å². The summed E-state index contributed by atoms with van der Waals surface area (Å²) in [5.74, 6) is 1.32. The first-order valence-corrected chi connectivity index (χ1v) is 13.4. The van der Waals surface area contributed by atoms with Crippen molar-refractivity contribution in [3.8, 4) is 11.6 Å². The Balaban J connectivity index is 0.00000134. The van der Waals surface area contributed by atoms with Crippen molar-refractivity contribution < 1.29 is 9.53 Å². The van der Waals surface area contributed by atoms with E-state index in [0.717, 1.165) is 29.8 Å². The van der Waals surface area contributed by atoms with Crippen LogP contribution in [0.4, 0.5) is 23.0 Å². The molecule has 2 N–H and O–H groups in total. The van der Waals surface area contributed by atoms with Gasteiger partial charge in [0.1, 0.15) is 17.9 Å². The van der Waals surface area contributed by atoms with E-state index in [9.17, 15) is 4.79 Å². The lowest BCUT2D eigenvalue weighted by Gasteiger charge is -2.26. The Hall–Kier alpha value is -4.44. The fourth-order valence-corrected chi connectivity index (χ4v) is 3.71. The van der Waals surface area contributed by atoms with Crippen LogP contribution < -0.4 is 20.3 Å². The molecule has 0 unspecified atom stereocenters. The Morgan fingerprint density at radius 1 is 1.02 bits per heavy atom. The third-order valence-corrected chi connectivity index (χ3v) is 5.64. The van der Waals surface area contributed by atoms with Crippen molar-refractivity contribution >= 4 is 40.0 Å². The monoisotopic (exact) mass is 546 g/mol. The Bertz CT molecular complexity index is 1380. The molecule has 0 aliphatic rings. The van der Waals surface area contributed by atoms with Gasteiger partial charge in [-0.2, -0.15) is 4.98 Å². The second kappa shape index (κ2) is 15.8. The summed E-state index contributed by atoms with van der Waals surface area (Å²) in [7, 11) is 7.60. The van der Waals surface area contributed by atoms with Crippen LogP contribution >= 0.6 is 0 Å². The van der Waals surface area contributed by atoms with Crippen molar-refractivity contribution in [2.45, 2.75) is 27.7 Å². The number of hydrogen-bond donors (Lipinski definition) is 2. The van der Waals surface area contributed by atoms with Crippen LogP contribution in [0.3, 0.4) is 0 Å². The van der Waals surface area contributed by atoms with Crippen LogP contribution in [-0.4, -0.2) is 71.7 Å². The average molecular weight is 547 g/mol. The summed E-state index contributed by atoms with van der Waals surface area (Å²) < 4.78 is 7.58. The molecule has 0 bridgehead atoms. The van der Waals surface area contributed by atoms with E-state index in [1.54, 1.807) is 19.6 Å². The summed E-state index contributed by atoms with van der Waals surface area (Å²) in [4.78, 5) is 29.8. The first-order valence-electron chi connectivity index (χ1n) is 13.4. The number of nitrogens with zero attached hydrogens (tertiary/aromatic N) is 6. The first kappa shape index (κ1) is 31.8. The largest absolute Gasteiger partial charge is 0.494 e. The van der Waals surface area contributed by atoms with Gasteiger partial charge >= 0.3 is 0 Å². The molecule has 10 heteroatoms. The number of para-hydroxylation sites is 2. The van der Waals surface area contributed by atoms with Gasteiger partial charge in [0, 0.05) is 32.4 Å². The maximum Gasteiger partial charge on any atom is 0.247 e. The van der Waals surface area contributed by atoms with Crippen LogP contribution in [0.15, 0.2) is 67.6 Å². The molecule has 2 aromatic carbocycles.